The maximum absolute atomic E-state index is 10.8. The molecule has 4 heteroatoms. The van der Waals surface area contributed by atoms with Gasteiger partial charge in [-0.3, -0.25) is 4.79 Å². The number of hydrogen-bond donors (Lipinski definition) is 3. The van der Waals surface area contributed by atoms with E-state index >= 15 is 0 Å². The molecule has 0 aromatic heterocycles. The predicted molar refractivity (Wildman–Crippen MR) is 54.7 cm³/mol. The molecule has 0 saturated heterocycles. The van der Waals surface area contributed by atoms with E-state index in [9.17, 15) is 15.0 Å². The second-order valence-corrected chi connectivity index (χ2v) is 3.81. The Bertz CT molecular complexity index is 182. The van der Waals surface area contributed by atoms with Crippen LogP contribution in [0.1, 0.15) is 34.1 Å². The summed E-state index contributed by atoms with van der Waals surface area (Å²) in [7, 11) is 0. The SMILES string of the molecule is CCC(NC(C)=O)[C@H](O)[C@H](C)C(C)O. The molecule has 3 N–H and O–H groups in total. The third-order valence-corrected chi connectivity index (χ3v) is 2.54. The molecule has 14 heavy (non-hydrogen) atoms. The van der Waals surface area contributed by atoms with E-state index in [1.807, 2.05) is 6.92 Å². The number of amides is 1. The number of carbonyl (C=O) groups excluding carboxylic acids is 1. The summed E-state index contributed by atoms with van der Waals surface area (Å²) in [6.07, 6.45) is -0.630. The van der Waals surface area contributed by atoms with E-state index in [-0.39, 0.29) is 17.9 Å². The van der Waals surface area contributed by atoms with E-state index in [0.29, 0.717) is 6.42 Å². The Labute approximate surface area is 85.3 Å². The molecule has 0 aliphatic carbocycles. The van der Waals surface area contributed by atoms with Crippen LogP contribution in [-0.4, -0.2) is 34.4 Å². The highest BCUT2D eigenvalue weighted by Crippen LogP contribution is 2.13. The molecule has 0 spiro atoms. The first kappa shape index (κ1) is 13.4. The molecule has 0 aliphatic rings. The van der Waals surface area contributed by atoms with Crippen LogP contribution in [0.4, 0.5) is 0 Å². The average molecular weight is 203 g/mol. The first-order valence-electron chi connectivity index (χ1n) is 5.03. The number of aliphatic hydroxyl groups excluding tert-OH is 2. The molecule has 0 aromatic rings. The molecule has 4 atom stereocenters. The van der Waals surface area contributed by atoms with Gasteiger partial charge in [-0.05, 0) is 13.3 Å². The lowest BCUT2D eigenvalue weighted by Crippen LogP contribution is -2.47. The molecule has 0 aromatic carbocycles. The van der Waals surface area contributed by atoms with E-state index in [4.69, 9.17) is 0 Å². The highest BCUT2D eigenvalue weighted by Gasteiger charge is 2.26. The summed E-state index contributed by atoms with van der Waals surface area (Å²) in [5.74, 6) is -0.402. The molecule has 1 amide bonds. The number of rotatable bonds is 5. The van der Waals surface area contributed by atoms with Gasteiger partial charge in [0.1, 0.15) is 0 Å². The summed E-state index contributed by atoms with van der Waals surface area (Å²) in [6.45, 7) is 6.70. The van der Waals surface area contributed by atoms with Crippen LogP contribution in [0, 0.1) is 5.92 Å². The molecule has 0 rings (SSSR count). The summed E-state index contributed by atoms with van der Waals surface area (Å²) in [4.78, 5) is 10.8. The lowest BCUT2D eigenvalue weighted by Gasteiger charge is -2.28. The van der Waals surface area contributed by atoms with Crippen molar-refractivity contribution in [3.8, 4) is 0 Å². The standard InChI is InChI=1S/C10H21NO3/c1-5-9(11-8(4)13)10(14)6(2)7(3)12/h6-7,9-10,12,14H,5H2,1-4H3,(H,11,13)/t6-,7?,9?,10-/m1/s1. The number of hydrogen-bond acceptors (Lipinski definition) is 3. The lowest BCUT2D eigenvalue weighted by molar-refractivity contribution is -0.121. The maximum Gasteiger partial charge on any atom is 0.217 e. The van der Waals surface area contributed by atoms with Gasteiger partial charge in [0.05, 0.1) is 18.2 Å². The molecule has 0 fully saturated rings. The van der Waals surface area contributed by atoms with Crippen molar-refractivity contribution in [2.24, 2.45) is 5.92 Å². The zero-order valence-electron chi connectivity index (χ0n) is 9.32. The Balaban J connectivity index is 4.29. The zero-order chi connectivity index (χ0) is 11.3. The van der Waals surface area contributed by atoms with Crippen molar-refractivity contribution in [2.45, 2.75) is 52.4 Å². The van der Waals surface area contributed by atoms with Gasteiger partial charge in [0, 0.05) is 12.8 Å². The van der Waals surface area contributed by atoms with Gasteiger partial charge in [0.25, 0.3) is 0 Å². The molecule has 0 radical (unpaired) electrons. The maximum atomic E-state index is 10.8. The Morgan fingerprint density at radius 1 is 1.36 bits per heavy atom. The Hall–Kier alpha value is -0.610. The summed E-state index contributed by atoms with van der Waals surface area (Å²) >= 11 is 0. The van der Waals surface area contributed by atoms with E-state index in [0.717, 1.165) is 0 Å². The van der Waals surface area contributed by atoms with Crippen LogP contribution in [0.5, 0.6) is 0 Å². The normalized spacial score (nSPS) is 19.6. The zero-order valence-corrected chi connectivity index (χ0v) is 9.32. The smallest absolute Gasteiger partial charge is 0.217 e. The van der Waals surface area contributed by atoms with Gasteiger partial charge in [0.15, 0.2) is 0 Å². The van der Waals surface area contributed by atoms with Crippen molar-refractivity contribution >= 4 is 5.91 Å². The molecular weight excluding hydrogens is 182 g/mol. The summed E-state index contributed by atoms with van der Waals surface area (Å²) in [6, 6.07) is -0.280. The Morgan fingerprint density at radius 2 is 1.86 bits per heavy atom. The van der Waals surface area contributed by atoms with Crippen molar-refractivity contribution in [1.29, 1.82) is 0 Å². The van der Waals surface area contributed by atoms with Crippen molar-refractivity contribution in [1.82, 2.24) is 5.32 Å². The molecular formula is C10H21NO3. The van der Waals surface area contributed by atoms with Gasteiger partial charge in [0.2, 0.25) is 5.91 Å². The molecule has 84 valence electrons. The summed E-state index contributed by atoms with van der Waals surface area (Å²) in [5.41, 5.74) is 0. The number of carbonyl (C=O) groups is 1. The van der Waals surface area contributed by atoms with Crippen LogP contribution in [0.15, 0.2) is 0 Å². The van der Waals surface area contributed by atoms with Gasteiger partial charge in [-0.1, -0.05) is 13.8 Å². The van der Waals surface area contributed by atoms with E-state index in [2.05, 4.69) is 5.32 Å². The van der Waals surface area contributed by atoms with Gasteiger partial charge in [-0.15, -0.1) is 0 Å². The van der Waals surface area contributed by atoms with E-state index in [1.54, 1.807) is 13.8 Å². The van der Waals surface area contributed by atoms with Crippen LogP contribution in [-0.2, 0) is 4.79 Å². The fourth-order valence-corrected chi connectivity index (χ4v) is 1.34. The third kappa shape index (κ3) is 4.07. The Kier molecular flexibility index (Phi) is 5.72. The fourth-order valence-electron chi connectivity index (χ4n) is 1.34. The van der Waals surface area contributed by atoms with Gasteiger partial charge >= 0.3 is 0 Å². The molecule has 0 saturated carbocycles. The monoisotopic (exact) mass is 203 g/mol. The average Bonchev–Trinajstić information content (AvgIpc) is 2.11. The first-order valence-corrected chi connectivity index (χ1v) is 5.03. The van der Waals surface area contributed by atoms with Crippen LogP contribution >= 0.6 is 0 Å². The lowest BCUT2D eigenvalue weighted by atomic mass is 9.92. The van der Waals surface area contributed by atoms with Crippen molar-refractivity contribution in [3.05, 3.63) is 0 Å². The molecule has 4 nitrogen and oxygen atoms in total. The predicted octanol–water partition coefficient (Wildman–Crippen LogP) is 0.279. The summed E-state index contributed by atoms with van der Waals surface area (Å²) < 4.78 is 0. The summed E-state index contributed by atoms with van der Waals surface area (Å²) in [5, 5.41) is 21.8. The topological polar surface area (TPSA) is 69.6 Å². The minimum Gasteiger partial charge on any atom is -0.393 e. The highest BCUT2D eigenvalue weighted by atomic mass is 16.3. The second-order valence-electron chi connectivity index (χ2n) is 3.81. The number of nitrogens with one attached hydrogen (secondary N) is 1. The first-order chi connectivity index (χ1) is 6.40. The highest BCUT2D eigenvalue weighted by molar-refractivity contribution is 5.73. The van der Waals surface area contributed by atoms with Crippen LogP contribution in [0.25, 0.3) is 0 Å². The van der Waals surface area contributed by atoms with Gasteiger partial charge < -0.3 is 15.5 Å². The van der Waals surface area contributed by atoms with Crippen LogP contribution < -0.4 is 5.32 Å². The van der Waals surface area contributed by atoms with Gasteiger partial charge in [-0.25, -0.2) is 0 Å². The van der Waals surface area contributed by atoms with Crippen molar-refractivity contribution < 1.29 is 15.0 Å². The molecule has 0 aliphatic heterocycles. The van der Waals surface area contributed by atoms with Crippen LogP contribution in [0.3, 0.4) is 0 Å². The van der Waals surface area contributed by atoms with Gasteiger partial charge in [-0.2, -0.15) is 0 Å². The fraction of sp³-hybridized carbons (Fsp3) is 0.900. The van der Waals surface area contributed by atoms with E-state index < -0.39 is 12.2 Å². The Morgan fingerprint density at radius 3 is 2.14 bits per heavy atom. The largest absolute Gasteiger partial charge is 0.393 e. The van der Waals surface area contributed by atoms with Crippen LogP contribution in [0.2, 0.25) is 0 Å². The van der Waals surface area contributed by atoms with Crippen molar-refractivity contribution in [3.63, 3.8) is 0 Å². The molecule has 2 unspecified atom stereocenters. The molecule has 0 bridgehead atoms. The van der Waals surface area contributed by atoms with E-state index in [1.165, 1.54) is 6.92 Å². The quantitative estimate of drug-likeness (QED) is 0.601. The minimum atomic E-state index is -0.705. The molecule has 0 heterocycles. The third-order valence-electron chi connectivity index (χ3n) is 2.54. The minimum absolute atomic E-state index is 0.159. The van der Waals surface area contributed by atoms with Crippen molar-refractivity contribution in [2.75, 3.05) is 0 Å². The second kappa shape index (κ2) is 5.98. The number of aliphatic hydroxyl groups is 2.